The topological polar surface area (TPSA) is 15.8 Å². The Balaban J connectivity index is 0.000000605. The van der Waals surface area contributed by atoms with E-state index in [0.29, 0.717) is 0 Å². The van der Waals surface area contributed by atoms with Crippen molar-refractivity contribution in [3.63, 3.8) is 0 Å². The summed E-state index contributed by atoms with van der Waals surface area (Å²) in [5, 5.41) is 1.94. The largest absolute Gasteiger partial charge is 0.361 e. The monoisotopic (exact) mass is 185 g/mol. The Labute approximate surface area is 76.8 Å². The van der Waals surface area contributed by atoms with E-state index >= 15 is 0 Å². The normalized spacial score (nSPS) is 9.55. The summed E-state index contributed by atoms with van der Waals surface area (Å²) in [5.41, 5.74) is 1.13. The van der Waals surface area contributed by atoms with Gasteiger partial charge in [-0.15, -0.1) is 0 Å². The van der Waals surface area contributed by atoms with Gasteiger partial charge in [0.1, 0.15) is 0 Å². The SMILES string of the molecule is Clc1ccc2[nH]ccc2c1.S. The van der Waals surface area contributed by atoms with Crippen LogP contribution in [0, 0.1) is 0 Å². The molecule has 1 aromatic carbocycles. The zero-order valence-electron chi connectivity index (χ0n) is 5.76. The van der Waals surface area contributed by atoms with Crippen molar-refractivity contribution in [3.8, 4) is 0 Å². The number of H-pyrrole nitrogens is 1. The number of fused-ring (bicyclic) bond motifs is 1. The van der Waals surface area contributed by atoms with Gasteiger partial charge in [-0.2, -0.15) is 13.5 Å². The smallest absolute Gasteiger partial charge is 0.0454 e. The van der Waals surface area contributed by atoms with Gasteiger partial charge in [0.15, 0.2) is 0 Å². The van der Waals surface area contributed by atoms with Crippen LogP contribution in [0.2, 0.25) is 5.02 Å². The van der Waals surface area contributed by atoms with E-state index in [2.05, 4.69) is 4.98 Å². The molecule has 0 spiro atoms. The number of aromatic amines is 1. The molecular weight excluding hydrogens is 178 g/mol. The first-order valence-corrected chi connectivity index (χ1v) is 3.47. The van der Waals surface area contributed by atoms with Crippen LogP contribution in [0.3, 0.4) is 0 Å². The first kappa shape index (κ1) is 8.50. The lowest BCUT2D eigenvalue weighted by Gasteiger charge is -1.88. The Hall–Kier alpha value is -0.600. The molecule has 3 heteroatoms. The second-order valence-corrected chi connectivity index (χ2v) is 2.65. The summed E-state index contributed by atoms with van der Waals surface area (Å²) in [5.74, 6) is 0. The Kier molecular flexibility index (Phi) is 2.47. The third-order valence-corrected chi connectivity index (χ3v) is 1.75. The van der Waals surface area contributed by atoms with E-state index in [1.165, 1.54) is 0 Å². The molecule has 2 rings (SSSR count). The predicted octanol–water partition coefficient (Wildman–Crippen LogP) is 2.93. The molecule has 0 saturated heterocycles. The number of halogens is 1. The van der Waals surface area contributed by atoms with Gasteiger partial charge in [0.05, 0.1) is 0 Å². The summed E-state index contributed by atoms with van der Waals surface area (Å²) in [6.45, 7) is 0. The lowest BCUT2D eigenvalue weighted by Crippen LogP contribution is -1.65. The maximum absolute atomic E-state index is 5.76. The molecule has 0 saturated carbocycles. The Bertz CT molecular complexity index is 356. The maximum Gasteiger partial charge on any atom is 0.0454 e. The van der Waals surface area contributed by atoms with Gasteiger partial charge < -0.3 is 4.98 Å². The molecule has 0 aliphatic rings. The van der Waals surface area contributed by atoms with Crippen molar-refractivity contribution in [1.82, 2.24) is 4.98 Å². The lowest BCUT2D eigenvalue weighted by molar-refractivity contribution is 1.48. The number of benzene rings is 1. The predicted molar refractivity (Wildman–Crippen MR) is 53.7 cm³/mol. The van der Waals surface area contributed by atoms with Crippen molar-refractivity contribution in [2.45, 2.75) is 0 Å². The zero-order valence-corrected chi connectivity index (χ0v) is 7.52. The third kappa shape index (κ3) is 1.52. The third-order valence-electron chi connectivity index (χ3n) is 1.52. The Morgan fingerprint density at radius 1 is 1.18 bits per heavy atom. The molecule has 0 fully saturated rings. The molecule has 1 nitrogen and oxygen atoms in total. The highest BCUT2D eigenvalue weighted by atomic mass is 35.5. The van der Waals surface area contributed by atoms with E-state index in [1.807, 2.05) is 30.5 Å². The van der Waals surface area contributed by atoms with Crippen LogP contribution >= 0.6 is 25.1 Å². The minimum Gasteiger partial charge on any atom is -0.361 e. The number of aromatic nitrogens is 1. The summed E-state index contributed by atoms with van der Waals surface area (Å²) in [7, 11) is 0. The molecule has 58 valence electrons. The molecular formula is C8H8ClNS. The van der Waals surface area contributed by atoms with E-state index in [-0.39, 0.29) is 13.5 Å². The molecule has 1 heterocycles. The Morgan fingerprint density at radius 2 is 2.00 bits per heavy atom. The van der Waals surface area contributed by atoms with Gasteiger partial charge in [0.2, 0.25) is 0 Å². The Morgan fingerprint density at radius 3 is 2.82 bits per heavy atom. The highest BCUT2D eigenvalue weighted by molar-refractivity contribution is 7.59. The van der Waals surface area contributed by atoms with Crippen LogP contribution < -0.4 is 0 Å². The zero-order chi connectivity index (χ0) is 6.97. The molecule has 0 radical (unpaired) electrons. The average Bonchev–Trinajstić information content (AvgIpc) is 2.33. The highest BCUT2D eigenvalue weighted by Gasteiger charge is 1.92. The van der Waals surface area contributed by atoms with Crippen LogP contribution in [-0.2, 0) is 0 Å². The van der Waals surface area contributed by atoms with Crippen molar-refractivity contribution >= 4 is 36.0 Å². The quantitative estimate of drug-likeness (QED) is 0.650. The molecule has 0 atom stereocenters. The summed E-state index contributed by atoms with van der Waals surface area (Å²) in [6, 6.07) is 7.78. The van der Waals surface area contributed by atoms with Gasteiger partial charge in [-0.25, -0.2) is 0 Å². The van der Waals surface area contributed by atoms with E-state index in [9.17, 15) is 0 Å². The lowest BCUT2D eigenvalue weighted by atomic mass is 10.2. The van der Waals surface area contributed by atoms with E-state index in [4.69, 9.17) is 11.6 Å². The van der Waals surface area contributed by atoms with Crippen LogP contribution in [0.5, 0.6) is 0 Å². The van der Waals surface area contributed by atoms with Gasteiger partial charge in [-0.05, 0) is 24.3 Å². The van der Waals surface area contributed by atoms with Crippen LogP contribution in [0.1, 0.15) is 0 Å². The molecule has 11 heavy (non-hydrogen) atoms. The van der Waals surface area contributed by atoms with Crippen LogP contribution in [0.15, 0.2) is 30.5 Å². The van der Waals surface area contributed by atoms with E-state index in [0.717, 1.165) is 15.9 Å². The van der Waals surface area contributed by atoms with Crippen molar-refractivity contribution in [2.75, 3.05) is 0 Å². The maximum atomic E-state index is 5.76. The standard InChI is InChI=1S/C8H6ClN.H2S/c9-7-1-2-8-6(5-7)3-4-10-8;/h1-5,10H;1H2. The summed E-state index contributed by atoms with van der Waals surface area (Å²) in [6.07, 6.45) is 1.90. The number of nitrogens with one attached hydrogen (secondary N) is 1. The van der Waals surface area contributed by atoms with E-state index < -0.39 is 0 Å². The minimum absolute atomic E-state index is 0. The second kappa shape index (κ2) is 3.20. The minimum atomic E-state index is 0. The van der Waals surface area contributed by atoms with Gasteiger partial charge >= 0.3 is 0 Å². The second-order valence-electron chi connectivity index (χ2n) is 2.21. The van der Waals surface area contributed by atoms with Gasteiger partial charge in [-0.1, -0.05) is 11.6 Å². The number of hydrogen-bond acceptors (Lipinski definition) is 0. The van der Waals surface area contributed by atoms with Crippen molar-refractivity contribution in [3.05, 3.63) is 35.5 Å². The van der Waals surface area contributed by atoms with Crippen molar-refractivity contribution in [2.24, 2.45) is 0 Å². The average molecular weight is 186 g/mol. The van der Waals surface area contributed by atoms with Crippen molar-refractivity contribution < 1.29 is 0 Å². The fraction of sp³-hybridized carbons (Fsp3) is 0. The first-order chi connectivity index (χ1) is 4.86. The molecule has 0 unspecified atom stereocenters. The molecule has 2 aromatic rings. The fourth-order valence-corrected chi connectivity index (χ4v) is 1.20. The van der Waals surface area contributed by atoms with Gasteiger partial charge in [0, 0.05) is 22.1 Å². The van der Waals surface area contributed by atoms with Gasteiger partial charge in [0.25, 0.3) is 0 Å². The summed E-state index contributed by atoms with van der Waals surface area (Å²) < 4.78 is 0. The van der Waals surface area contributed by atoms with Crippen LogP contribution in [0.25, 0.3) is 10.9 Å². The highest BCUT2D eigenvalue weighted by Crippen LogP contribution is 2.17. The molecule has 1 N–H and O–H groups in total. The molecule has 0 aliphatic carbocycles. The molecule has 0 aliphatic heterocycles. The van der Waals surface area contributed by atoms with Crippen molar-refractivity contribution in [1.29, 1.82) is 0 Å². The summed E-state index contributed by atoms with van der Waals surface area (Å²) >= 11 is 5.76. The van der Waals surface area contributed by atoms with Crippen LogP contribution in [0.4, 0.5) is 0 Å². The fourth-order valence-electron chi connectivity index (χ4n) is 1.02. The van der Waals surface area contributed by atoms with E-state index in [1.54, 1.807) is 0 Å². The number of hydrogen-bond donors (Lipinski definition) is 1. The molecule has 0 bridgehead atoms. The van der Waals surface area contributed by atoms with Crippen LogP contribution in [-0.4, -0.2) is 4.98 Å². The summed E-state index contributed by atoms with van der Waals surface area (Å²) in [4.78, 5) is 3.09. The molecule has 1 aromatic heterocycles. The first-order valence-electron chi connectivity index (χ1n) is 3.09. The van der Waals surface area contributed by atoms with Gasteiger partial charge in [-0.3, -0.25) is 0 Å². The number of rotatable bonds is 0. The molecule has 0 amide bonds.